The van der Waals surface area contributed by atoms with Crippen molar-refractivity contribution in [3.05, 3.63) is 42.1 Å². The number of hydrogen-bond donors (Lipinski definition) is 1. The van der Waals surface area contributed by atoms with Crippen LogP contribution in [0.15, 0.2) is 35.1 Å². The van der Waals surface area contributed by atoms with Gasteiger partial charge in [-0.1, -0.05) is 6.92 Å². The number of nitrogens with zero attached hydrogens (tertiary/aromatic N) is 2. The molecule has 0 saturated carbocycles. The molecule has 1 N–H and O–H groups in total. The van der Waals surface area contributed by atoms with Gasteiger partial charge in [-0.3, -0.25) is 4.68 Å². The Balaban J connectivity index is 1.91. The number of furan rings is 1. The van der Waals surface area contributed by atoms with Crippen molar-refractivity contribution >= 4 is 0 Å². The summed E-state index contributed by atoms with van der Waals surface area (Å²) in [5.74, 6) is 1.06. The van der Waals surface area contributed by atoms with E-state index < -0.39 is 0 Å². The van der Waals surface area contributed by atoms with Crippen molar-refractivity contribution in [1.29, 1.82) is 0 Å². The first-order chi connectivity index (χ1) is 10.2. The van der Waals surface area contributed by atoms with Crippen molar-refractivity contribution < 1.29 is 4.42 Å². The van der Waals surface area contributed by atoms with Gasteiger partial charge in [-0.05, 0) is 51.4 Å². The molecule has 0 spiro atoms. The molecule has 1 unspecified atom stereocenters. The fourth-order valence-corrected chi connectivity index (χ4v) is 2.42. The lowest BCUT2D eigenvalue weighted by Gasteiger charge is -2.17. The Morgan fingerprint density at radius 3 is 2.81 bits per heavy atom. The molecule has 1 atom stereocenters. The van der Waals surface area contributed by atoms with Crippen molar-refractivity contribution in [2.24, 2.45) is 0 Å². The fourth-order valence-electron chi connectivity index (χ4n) is 2.42. The van der Waals surface area contributed by atoms with E-state index in [0.29, 0.717) is 12.1 Å². The molecule has 2 heterocycles. The van der Waals surface area contributed by atoms with Crippen LogP contribution in [-0.4, -0.2) is 22.4 Å². The van der Waals surface area contributed by atoms with E-state index in [4.69, 9.17) is 4.42 Å². The zero-order valence-electron chi connectivity index (χ0n) is 13.4. The zero-order valence-corrected chi connectivity index (χ0v) is 13.4. The highest BCUT2D eigenvalue weighted by Crippen LogP contribution is 2.11. The molecule has 0 saturated heterocycles. The summed E-state index contributed by atoms with van der Waals surface area (Å²) in [6, 6.07) is 7.00. The van der Waals surface area contributed by atoms with Crippen molar-refractivity contribution in [1.82, 2.24) is 15.1 Å². The Kier molecular flexibility index (Phi) is 6.05. The molecule has 0 radical (unpaired) electrons. The molecule has 4 nitrogen and oxygen atoms in total. The van der Waals surface area contributed by atoms with Gasteiger partial charge in [-0.2, -0.15) is 5.10 Å². The van der Waals surface area contributed by atoms with Crippen molar-refractivity contribution in [3.8, 4) is 0 Å². The lowest BCUT2D eigenvalue weighted by Crippen LogP contribution is -2.32. The Morgan fingerprint density at radius 1 is 1.33 bits per heavy atom. The number of aryl methyl sites for hydroxylation is 1. The average Bonchev–Trinajstić information content (AvgIpc) is 3.13. The topological polar surface area (TPSA) is 43.0 Å². The van der Waals surface area contributed by atoms with Crippen LogP contribution < -0.4 is 5.32 Å². The summed E-state index contributed by atoms with van der Waals surface area (Å²) in [4.78, 5) is 0. The molecule has 0 fully saturated rings. The number of rotatable bonds is 9. The van der Waals surface area contributed by atoms with Gasteiger partial charge in [0.2, 0.25) is 0 Å². The minimum atomic E-state index is 0.420. The quantitative estimate of drug-likeness (QED) is 0.767. The highest BCUT2D eigenvalue weighted by Gasteiger charge is 2.12. The third-order valence-corrected chi connectivity index (χ3v) is 3.65. The van der Waals surface area contributed by atoms with Crippen LogP contribution >= 0.6 is 0 Å². The molecule has 2 aromatic heterocycles. The maximum atomic E-state index is 5.43. The van der Waals surface area contributed by atoms with E-state index in [1.807, 2.05) is 16.8 Å². The van der Waals surface area contributed by atoms with Gasteiger partial charge in [0.1, 0.15) is 5.76 Å². The van der Waals surface area contributed by atoms with Gasteiger partial charge >= 0.3 is 0 Å². The molecule has 0 aliphatic carbocycles. The van der Waals surface area contributed by atoms with E-state index in [2.05, 4.69) is 43.4 Å². The predicted octanol–water partition coefficient (Wildman–Crippen LogP) is 3.60. The lowest BCUT2D eigenvalue weighted by atomic mass is 10.0. The number of hydrogen-bond acceptors (Lipinski definition) is 3. The molecule has 2 aromatic rings. The normalized spacial score (nSPS) is 13.0. The van der Waals surface area contributed by atoms with Crippen LogP contribution in [-0.2, 0) is 12.8 Å². The van der Waals surface area contributed by atoms with E-state index in [9.17, 15) is 0 Å². The minimum Gasteiger partial charge on any atom is -0.469 e. The summed E-state index contributed by atoms with van der Waals surface area (Å²) < 4.78 is 7.45. The van der Waals surface area contributed by atoms with Crippen molar-refractivity contribution in [2.45, 2.75) is 58.5 Å². The Bertz CT molecular complexity index is 502. The van der Waals surface area contributed by atoms with Crippen LogP contribution in [0.4, 0.5) is 0 Å². The summed E-state index contributed by atoms with van der Waals surface area (Å²) >= 11 is 0. The predicted molar refractivity (Wildman–Crippen MR) is 85.4 cm³/mol. The maximum Gasteiger partial charge on any atom is 0.103 e. The smallest absolute Gasteiger partial charge is 0.103 e. The summed E-state index contributed by atoms with van der Waals surface area (Å²) in [6.45, 7) is 7.55. The summed E-state index contributed by atoms with van der Waals surface area (Å²) in [7, 11) is 0. The third-order valence-electron chi connectivity index (χ3n) is 3.65. The van der Waals surface area contributed by atoms with E-state index >= 15 is 0 Å². The van der Waals surface area contributed by atoms with Gasteiger partial charge < -0.3 is 9.73 Å². The van der Waals surface area contributed by atoms with Gasteiger partial charge in [0.25, 0.3) is 0 Å². The zero-order chi connectivity index (χ0) is 15.1. The van der Waals surface area contributed by atoms with Crippen LogP contribution in [0.1, 0.15) is 51.1 Å². The second-order valence-corrected chi connectivity index (χ2v) is 5.85. The van der Waals surface area contributed by atoms with Crippen LogP contribution in [0.2, 0.25) is 0 Å². The summed E-state index contributed by atoms with van der Waals surface area (Å²) in [5.41, 5.74) is 1.16. The van der Waals surface area contributed by atoms with Gasteiger partial charge in [0.05, 0.1) is 12.0 Å². The maximum absolute atomic E-state index is 5.43. The molecule has 0 aliphatic heterocycles. The van der Waals surface area contributed by atoms with Gasteiger partial charge in [-0.15, -0.1) is 0 Å². The molecule has 0 amide bonds. The lowest BCUT2D eigenvalue weighted by molar-refractivity contribution is 0.435. The standard InChI is InChI=1S/C17H27N3O/c1-4-10-18-15(7-8-17-6-5-12-21-17)13-16-9-11-20(19-16)14(2)3/h5-6,9,11-12,14-15,18H,4,7-8,10,13H2,1-3H3. The summed E-state index contributed by atoms with van der Waals surface area (Å²) in [6.07, 6.45) is 7.98. The van der Waals surface area contributed by atoms with Crippen LogP contribution in [0.3, 0.4) is 0 Å². The molecule has 4 heteroatoms. The Labute approximate surface area is 127 Å². The number of aromatic nitrogens is 2. The largest absolute Gasteiger partial charge is 0.469 e. The minimum absolute atomic E-state index is 0.420. The van der Waals surface area contributed by atoms with Crippen molar-refractivity contribution in [3.63, 3.8) is 0 Å². The van der Waals surface area contributed by atoms with Crippen molar-refractivity contribution in [2.75, 3.05) is 6.54 Å². The monoisotopic (exact) mass is 289 g/mol. The second kappa shape index (κ2) is 8.03. The fraction of sp³-hybridized carbons (Fsp3) is 0.588. The first-order valence-electron chi connectivity index (χ1n) is 7.98. The highest BCUT2D eigenvalue weighted by molar-refractivity contribution is 5.03. The highest BCUT2D eigenvalue weighted by atomic mass is 16.3. The van der Waals surface area contributed by atoms with Crippen LogP contribution in [0.5, 0.6) is 0 Å². The molecular formula is C17H27N3O. The summed E-state index contributed by atoms with van der Waals surface area (Å²) in [5, 5.41) is 8.28. The Morgan fingerprint density at radius 2 is 2.19 bits per heavy atom. The Hall–Kier alpha value is -1.55. The van der Waals surface area contributed by atoms with Gasteiger partial charge in [0.15, 0.2) is 0 Å². The van der Waals surface area contributed by atoms with E-state index in [1.54, 1.807) is 6.26 Å². The first-order valence-corrected chi connectivity index (χ1v) is 7.98. The third kappa shape index (κ3) is 5.05. The van der Waals surface area contributed by atoms with Gasteiger partial charge in [-0.25, -0.2) is 0 Å². The van der Waals surface area contributed by atoms with Gasteiger partial charge in [0, 0.05) is 31.1 Å². The van der Waals surface area contributed by atoms with Crippen LogP contribution in [0, 0.1) is 0 Å². The average molecular weight is 289 g/mol. The van der Waals surface area contributed by atoms with Crippen LogP contribution in [0.25, 0.3) is 0 Å². The molecule has 0 bridgehead atoms. The van der Waals surface area contributed by atoms with E-state index in [1.165, 1.54) is 0 Å². The molecular weight excluding hydrogens is 262 g/mol. The number of nitrogens with one attached hydrogen (secondary N) is 1. The molecule has 2 rings (SSSR count). The molecule has 0 aromatic carbocycles. The molecule has 21 heavy (non-hydrogen) atoms. The SMILES string of the molecule is CCCNC(CCc1ccco1)Cc1ccn(C(C)C)n1. The molecule has 0 aliphatic rings. The first kappa shape index (κ1) is 15.8. The van der Waals surface area contributed by atoms with E-state index in [0.717, 1.165) is 43.7 Å². The van der Waals surface area contributed by atoms with E-state index in [-0.39, 0.29) is 0 Å². The second-order valence-electron chi connectivity index (χ2n) is 5.85. The molecule has 116 valence electrons.